The summed E-state index contributed by atoms with van der Waals surface area (Å²) in [6, 6.07) is 0. The zero-order chi connectivity index (χ0) is 14.0. The van der Waals surface area contributed by atoms with Crippen LogP contribution in [0.4, 0.5) is 0 Å². The van der Waals surface area contributed by atoms with Crippen molar-refractivity contribution in [1.82, 2.24) is 0 Å². The van der Waals surface area contributed by atoms with Crippen LogP contribution in [0.3, 0.4) is 0 Å². The highest BCUT2D eigenvalue weighted by Crippen LogP contribution is 2.79. The van der Waals surface area contributed by atoms with E-state index in [0.29, 0.717) is 6.42 Å². The fourth-order valence-corrected chi connectivity index (χ4v) is 6.18. The minimum absolute atomic E-state index is 0.0731. The van der Waals surface area contributed by atoms with Gasteiger partial charge < -0.3 is 14.9 Å². The van der Waals surface area contributed by atoms with Crippen LogP contribution in [0.25, 0.3) is 0 Å². The van der Waals surface area contributed by atoms with Gasteiger partial charge in [0.2, 0.25) is 0 Å². The standard InChI is InChI=1S/C15H22O4/c1-7-5-14(17)11(16)19-10-9-8(6-12(9,2)3)13(14,4)15(7,10)18/h7-10,17-18H,5-6H2,1-4H3/t7-,8+,9-,10+,13+,14+,15-/m1/s1. The Morgan fingerprint density at radius 3 is 2.42 bits per heavy atom. The average Bonchev–Trinajstić information content (AvgIpc) is 2.49. The van der Waals surface area contributed by atoms with Crippen molar-refractivity contribution in [2.75, 3.05) is 0 Å². The largest absolute Gasteiger partial charge is 0.457 e. The van der Waals surface area contributed by atoms with Crippen molar-refractivity contribution in [3.63, 3.8) is 0 Å². The van der Waals surface area contributed by atoms with Crippen molar-refractivity contribution in [3.8, 4) is 0 Å². The van der Waals surface area contributed by atoms with E-state index >= 15 is 0 Å². The van der Waals surface area contributed by atoms with Crippen molar-refractivity contribution >= 4 is 5.97 Å². The molecule has 2 N–H and O–H groups in total. The molecule has 4 heteroatoms. The number of rotatable bonds is 0. The molecular formula is C15H22O4. The first kappa shape index (κ1) is 12.2. The van der Waals surface area contributed by atoms with Gasteiger partial charge in [0.25, 0.3) is 0 Å². The molecule has 0 aromatic heterocycles. The van der Waals surface area contributed by atoms with Gasteiger partial charge in [0.05, 0.1) is 0 Å². The maximum Gasteiger partial charge on any atom is 0.339 e. The van der Waals surface area contributed by atoms with E-state index in [1.807, 2.05) is 13.8 Å². The lowest BCUT2D eigenvalue weighted by atomic mass is 9.50. The summed E-state index contributed by atoms with van der Waals surface area (Å²) in [5.74, 6) is -0.276. The molecule has 0 amide bonds. The van der Waals surface area contributed by atoms with Crippen molar-refractivity contribution in [3.05, 3.63) is 0 Å². The van der Waals surface area contributed by atoms with Gasteiger partial charge in [0.1, 0.15) is 11.7 Å². The molecule has 0 radical (unpaired) electrons. The molecule has 7 atom stereocenters. The van der Waals surface area contributed by atoms with Crippen LogP contribution >= 0.6 is 0 Å². The fourth-order valence-electron chi connectivity index (χ4n) is 6.18. The van der Waals surface area contributed by atoms with Gasteiger partial charge in [-0.25, -0.2) is 4.79 Å². The lowest BCUT2D eigenvalue weighted by Crippen LogP contribution is -2.65. The lowest BCUT2D eigenvalue weighted by molar-refractivity contribution is -0.236. The summed E-state index contributed by atoms with van der Waals surface area (Å²) in [5.41, 5.74) is -3.25. The van der Waals surface area contributed by atoms with Crippen LogP contribution in [0.15, 0.2) is 0 Å². The highest BCUT2D eigenvalue weighted by molar-refractivity contribution is 5.84. The number of hydrogen-bond donors (Lipinski definition) is 2. The minimum Gasteiger partial charge on any atom is -0.457 e. The summed E-state index contributed by atoms with van der Waals surface area (Å²) in [6.45, 7) is 8.17. The number of carbonyl (C=O) groups is 1. The molecule has 4 aliphatic rings. The van der Waals surface area contributed by atoms with Crippen molar-refractivity contribution in [2.45, 2.75) is 57.8 Å². The zero-order valence-electron chi connectivity index (χ0n) is 11.9. The van der Waals surface area contributed by atoms with Crippen LogP contribution in [0.2, 0.25) is 0 Å². The van der Waals surface area contributed by atoms with Gasteiger partial charge in [0, 0.05) is 11.3 Å². The van der Waals surface area contributed by atoms with E-state index in [-0.39, 0.29) is 23.2 Å². The number of carbonyl (C=O) groups excluding carboxylic acids is 1. The predicted molar refractivity (Wildman–Crippen MR) is 67.0 cm³/mol. The molecule has 3 aliphatic carbocycles. The third-order valence-corrected chi connectivity index (χ3v) is 7.20. The summed E-state index contributed by atoms with van der Waals surface area (Å²) in [6.07, 6.45) is 0.814. The lowest BCUT2D eigenvalue weighted by Gasteiger charge is -2.54. The summed E-state index contributed by atoms with van der Waals surface area (Å²) in [5, 5.41) is 22.2. The Bertz CT molecular complexity index is 500. The van der Waals surface area contributed by atoms with Crippen LogP contribution in [-0.4, -0.2) is 33.5 Å². The van der Waals surface area contributed by atoms with Crippen LogP contribution < -0.4 is 0 Å². The molecule has 19 heavy (non-hydrogen) atoms. The van der Waals surface area contributed by atoms with E-state index in [1.165, 1.54) is 0 Å². The highest BCUT2D eigenvalue weighted by Gasteiger charge is 2.88. The smallest absolute Gasteiger partial charge is 0.339 e. The van der Waals surface area contributed by atoms with Gasteiger partial charge in [0.15, 0.2) is 5.60 Å². The van der Waals surface area contributed by atoms with Crippen molar-refractivity contribution in [1.29, 1.82) is 0 Å². The zero-order valence-corrected chi connectivity index (χ0v) is 11.9. The number of hydrogen-bond acceptors (Lipinski definition) is 4. The number of fused-ring (bicyclic) bond motifs is 2. The van der Waals surface area contributed by atoms with E-state index in [4.69, 9.17) is 4.74 Å². The molecule has 0 aromatic rings. The van der Waals surface area contributed by atoms with Crippen LogP contribution in [0.5, 0.6) is 0 Å². The van der Waals surface area contributed by atoms with Gasteiger partial charge in [-0.3, -0.25) is 0 Å². The van der Waals surface area contributed by atoms with Crippen molar-refractivity contribution in [2.24, 2.45) is 28.6 Å². The quantitative estimate of drug-likeness (QED) is 0.644. The second kappa shape index (κ2) is 2.73. The number of aliphatic hydroxyl groups is 2. The maximum absolute atomic E-state index is 12.3. The number of ether oxygens (including phenoxy) is 1. The van der Waals surface area contributed by atoms with Gasteiger partial charge in [-0.1, -0.05) is 27.7 Å². The monoisotopic (exact) mass is 266 g/mol. The second-order valence-corrected chi connectivity index (χ2v) is 8.14. The molecule has 4 nitrogen and oxygen atoms in total. The van der Waals surface area contributed by atoms with E-state index in [1.54, 1.807) is 0 Å². The average molecular weight is 266 g/mol. The summed E-state index contributed by atoms with van der Waals surface area (Å²) in [4.78, 5) is 12.3. The Hall–Kier alpha value is -0.610. The topological polar surface area (TPSA) is 66.8 Å². The molecule has 0 spiro atoms. The summed E-state index contributed by atoms with van der Waals surface area (Å²) in [7, 11) is 0. The third-order valence-electron chi connectivity index (χ3n) is 7.20. The maximum atomic E-state index is 12.3. The normalized spacial score (nSPS) is 64.4. The molecule has 1 aliphatic heterocycles. The third kappa shape index (κ3) is 0.855. The Kier molecular flexibility index (Phi) is 1.74. The van der Waals surface area contributed by atoms with E-state index in [9.17, 15) is 15.0 Å². The SMILES string of the molecule is C[C@@H]1C[C@]2(O)C(=O)O[C@H]3[C@H]4[C@H](CC4(C)C)[C@]2(C)[C@@]13O. The molecule has 1 heterocycles. The Morgan fingerprint density at radius 2 is 1.84 bits per heavy atom. The van der Waals surface area contributed by atoms with Crippen LogP contribution in [0, 0.1) is 28.6 Å². The first-order chi connectivity index (χ1) is 8.60. The molecule has 4 rings (SSSR count). The van der Waals surface area contributed by atoms with Crippen LogP contribution in [-0.2, 0) is 9.53 Å². The van der Waals surface area contributed by atoms with E-state index in [0.717, 1.165) is 6.42 Å². The molecule has 4 bridgehead atoms. The molecule has 0 aromatic carbocycles. The fraction of sp³-hybridized carbons (Fsp3) is 0.933. The van der Waals surface area contributed by atoms with Gasteiger partial charge in [-0.05, 0) is 30.1 Å². The molecule has 0 unspecified atom stereocenters. The van der Waals surface area contributed by atoms with Gasteiger partial charge in [-0.2, -0.15) is 0 Å². The molecule has 106 valence electrons. The number of esters is 1. The summed E-state index contributed by atoms with van der Waals surface area (Å²) >= 11 is 0. The van der Waals surface area contributed by atoms with Crippen LogP contribution in [0.1, 0.15) is 40.5 Å². The molecule has 4 fully saturated rings. The molecule has 3 saturated carbocycles. The minimum atomic E-state index is -1.51. The predicted octanol–water partition coefficient (Wildman–Crippen LogP) is 1.10. The van der Waals surface area contributed by atoms with Gasteiger partial charge >= 0.3 is 5.97 Å². The molecular weight excluding hydrogens is 244 g/mol. The highest BCUT2D eigenvalue weighted by atomic mass is 16.6. The Morgan fingerprint density at radius 1 is 1.21 bits per heavy atom. The van der Waals surface area contributed by atoms with E-state index < -0.39 is 28.7 Å². The molecule has 1 saturated heterocycles. The first-order valence-electron chi connectivity index (χ1n) is 7.26. The van der Waals surface area contributed by atoms with E-state index in [2.05, 4.69) is 13.8 Å². The Balaban J connectivity index is 1.98. The van der Waals surface area contributed by atoms with Crippen molar-refractivity contribution < 1.29 is 19.7 Å². The van der Waals surface area contributed by atoms with Gasteiger partial charge in [-0.15, -0.1) is 0 Å². The summed E-state index contributed by atoms with van der Waals surface area (Å²) < 4.78 is 5.54. The Labute approximate surface area is 113 Å². The second-order valence-electron chi connectivity index (χ2n) is 8.14. The first-order valence-corrected chi connectivity index (χ1v) is 7.26.